The zero-order chi connectivity index (χ0) is 22.4. The smallest absolute Gasteiger partial charge is 0.220 e. The maximum absolute atomic E-state index is 12.7. The van der Waals surface area contributed by atoms with Gasteiger partial charge in [0.15, 0.2) is 0 Å². The number of sulfonamides is 1. The Balaban J connectivity index is 1.92. The predicted octanol–water partition coefficient (Wildman–Crippen LogP) is 5.03. The van der Waals surface area contributed by atoms with Crippen LogP contribution in [0.5, 0.6) is 0 Å². The normalized spacial score (nSPS) is 19.8. The molecular weight excluding hydrogens is 420 g/mol. The largest absolute Gasteiger partial charge is 0.352 e. The van der Waals surface area contributed by atoms with Gasteiger partial charge in [0.05, 0.1) is 5.25 Å². The predicted molar refractivity (Wildman–Crippen MR) is 125 cm³/mol. The number of hydrogen-bond donors (Lipinski definition) is 2. The van der Waals surface area contributed by atoms with E-state index in [0.717, 1.165) is 37.1 Å². The molecule has 1 fully saturated rings. The fraction of sp³-hybridized carbons (Fsp3) is 0.783. The molecule has 2 N–H and O–H groups in total. The monoisotopic (exact) mass is 458 g/mol. The number of carbonyl (C=O) groups is 1. The van der Waals surface area contributed by atoms with Crippen molar-refractivity contribution in [3.8, 4) is 0 Å². The lowest BCUT2D eigenvalue weighted by atomic mass is 9.57. The minimum Gasteiger partial charge on any atom is -0.352 e. The summed E-state index contributed by atoms with van der Waals surface area (Å²) in [6.45, 7) is 8.11. The molecule has 0 aromatic heterocycles. The topological polar surface area (TPSA) is 75.3 Å². The van der Waals surface area contributed by atoms with Crippen molar-refractivity contribution in [2.75, 3.05) is 6.54 Å². The summed E-state index contributed by atoms with van der Waals surface area (Å²) < 4.78 is 26.2. The Hall–Kier alpha value is -0.850. The third-order valence-electron chi connectivity index (χ3n) is 6.45. The van der Waals surface area contributed by atoms with Crippen LogP contribution in [0.1, 0.15) is 85.5 Å². The van der Waals surface area contributed by atoms with E-state index < -0.39 is 15.3 Å². The molecular formula is C23H39ClN2O3S. The molecule has 1 unspecified atom stereocenters. The van der Waals surface area contributed by atoms with E-state index in [1.54, 1.807) is 13.8 Å². The first kappa shape index (κ1) is 25.4. The molecule has 172 valence electrons. The molecule has 7 heteroatoms. The minimum absolute atomic E-state index is 0.0704. The highest BCUT2D eigenvalue weighted by Gasteiger charge is 2.47. The van der Waals surface area contributed by atoms with E-state index in [2.05, 4.69) is 30.0 Å². The van der Waals surface area contributed by atoms with Crippen LogP contribution in [0.2, 0.25) is 0 Å². The molecule has 0 bridgehead atoms. The van der Waals surface area contributed by atoms with Gasteiger partial charge in [0.25, 0.3) is 0 Å². The van der Waals surface area contributed by atoms with Crippen molar-refractivity contribution in [2.24, 2.45) is 11.3 Å². The number of nitrogens with one attached hydrogen (secondary N) is 2. The number of halogens is 1. The fourth-order valence-electron chi connectivity index (χ4n) is 4.43. The summed E-state index contributed by atoms with van der Waals surface area (Å²) in [7, 11) is -3.23. The molecule has 5 nitrogen and oxygen atoms in total. The van der Waals surface area contributed by atoms with E-state index in [1.165, 1.54) is 12.0 Å². The lowest BCUT2D eigenvalue weighted by Crippen LogP contribution is -2.53. The minimum atomic E-state index is -3.23. The van der Waals surface area contributed by atoms with Crippen LogP contribution in [-0.4, -0.2) is 32.2 Å². The van der Waals surface area contributed by atoms with Crippen molar-refractivity contribution in [2.45, 2.75) is 96.8 Å². The third-order valence-corrected chi connectivity index (χ3v) is 8.61. The van der Waals surface area contributed by atoms with E-state index in [-0.39, 0.29) is 17.4 Å². The van der Waals surface area contributed by atoms with E-state index >= 15 is 0 Å². The van der Waals surface area contributed by atoms with E-state index in [4.69, 9.17) is 11.6 Å². The first-order valence-electron chi connectivity index (χ1n) is 11.4. The van der Waals surface area contributed by atoms with Crippen molar-refractivity contribution in [1.29, 1.82) is 0 Å². The molecule has 0 heterocycles. The molecule has 0 saturated heterocycles. The van der Waals surface area contributed by atoms with E-state index in [9.17, 15) is 13.2 Å². The van der Waals surface area contributed by atoms with Gasteiger partial charge in [-0.3, -0.25) is 4.79 Å². The number of rotatable bonds is 12. The van der Waals surface area contributed by atoms with Gasteiger partial charge in [-0.25, -0.2) is 13.1 Å². The summed E-state index contributed by atoms with van der Waals surface area (Å²) in [5.74, 6) is 0.574. The number of amides is 1. The van der Waals surface area contributed by atoms with Gasteiger partial charge in [-0.05, 0) is 70.8 Å². The zero-order valence-corrected chi connectivity index (χ0v) is 20.5. The molecule has 2 aliphatic carbocycles. The van der Waals surface area contributed by atoms with Gasteiger partial charge in [0, 0.05) is 29.5 Å². The fourth-order valence-corrected chi connectivity index (χ4v) is 5.35. The molecule has 0 aliphatic heterocycles. The summed E-state index contributed by atoms with van der Waals surface area (Å²) >= 11 is 6.17. The number of carbonyl (C=O) groups excluding carboxylic acids is 1. The van der Waals surface area contributed by atoms with Gasteiger partial charge in [-0.2, -0.15) is 0 Å². The summed E-state index contributed by atoms with van der Waals surface area (Å²) in [5, 5.41) is 3.83. The Morgan fingerprint density at radius 1 is 1.13 bits per heavy atom. The van der Waals surface area contributed by atoms with Gasteiger partial charge in [-0.1, -0.05) is 43.5 Å². The summed E-state index contributed by atoms with van der Waals surface area (Å²) in [5.41, 5.74) is 1.51. The van der Waals surface area contributed by atoms with Crippen LogP contribution in [0.4, 0.5) is 0 Å². The average molecular weight is 459 g/mol. The quantitative estimate of drug-likeness (QED) is 0.403. The Morgan fingerprint density at radius 2 is 1.83 bits per heavy atom. The van der Waals surface area contributed by atoms with E-state index in [0.29, 0.717) is 31.7 Å². The Morgan fingerprint density at radius 3 is 2.33 bits per heavy atom. The zero-order valence-electron chi connectivity index (χ0n) is 19.0. The van der Waals surface area contributed by atoms with Gasteiger partial charge in [0.1, 0.15) is 0 Å². The Bertz CT molecular complexity index is 752. The van der Waals surface area contributed by atoms with Crippen LogP contribution in [0, 0.1) is 11.3 Å². The lowest BCUT2D eigenvalue weighted by Gasteiger charge is -2.51. The van der Waals surface area contributed by atoms with Gasteiger partial charge in [0.2, 0.25) is 15.9 Å². The van der Waals surface area contributed by atoms with Crippen molar-refractivity contribution < 1.29 is 13.2 Å². The summed E-state index contributed by atoms with van der Waals surface area (Å²) in [6, 6.07) is 0.148. The Kier molecular flexibility index (Phi) is 9.44. The van der Waals surface area contributed by atoms with Gasteiger partial charge in [-0.15, -0.1) is 0 Å². The van der Waals surface area contributed by atoms with Crippen molar-refractivity contribution in [3.05, 3.63) is 22.8 Å². The first-order chi connectivity index (χ1) is 14.1. The highest BCUT2D eigenvalue weighted by molar-refractivity contribution is 7.90. The van der Waals surface area contributed by atoms with Crippen LogP contribution in [-0.2, 0) is 14.8 Å². The molecule has 1 saturated carbocycles. The van der Waals surface area contributed by atoms with Crippen LogP contribution in [0.3, 0.4) is 0 Å². The molecule has 0 spiro atoms. The molecule has 0 aromatic rings. The second kappa shape index (κ2) is 11.1. The maximum Gasteiger partial charge on any atom is 0.220 e. The highest BCUT2D eigenvalue weighted by atomic mass is 35.5. The Labute approximate surface area is 188 Å². The van der Waals surface area contributed by atoms with Crippen LogP contribution in [0.15, 0.2) is 22.8 Å². The van der Waals surface area contributed by atoms with Crippen molar-refractivity contribution in [1.82, 2.24) is 10.0 Å². The third kappa shape index (κ3) is 6.83. The number of hydrogen-bond acceptors (Lipinski definition) is 3. The van der Waals surface area contributed by atoms with Gasteiger partial charge < -0.3 is 5.32 Å². The highest BCUT2D eigenvalue weighted by Crippen LogP contribution is 2.53. The van der Waals surface area contributed by atoms with Crippen LogP contribution in [0.25, 0.3) is 0 Å². The molecule has 30 heavy (non-hydrogen) atoms. The second-order valence-electron chi connectivity index (χ2n) is 9.51. The number of unbranched alkanes of at least 4 members (excludes halogenated alkanes) is 1. The van der Waals surface area contributed by atoms with Crippen molar-refractivity contribution >= 4 is 27.5 Å². The SMILES string of the molecule is CC(C)CC(NC(=O)CCCCNS(=O)(=O)C(C)C)C1(C2=CC=C(Cl)CC2)CCC1. The number of allylic oxidation sites excluding steroid dienone is 3. The molecule has 1 atom stereocenters. The summed E-state index contributed by atoms with van der Waals surface area (Å²) in [4.78, 5) is 12.7. The van der Waals surface area contributed by atoms with Gasteiger partial charge >= 0.3 is 0 Å². The standard InChI is InChI=1S/C23H39ClN2O3S/c1-17(2)16-21(23(13-7-14-23)19-9-11-20(24)12-10-19)26-22(27)8-5-6-15-25-30(28,29)18(3)4/h9,11,17-18,21,25H,5-8,10,12-16H2,1-4H3,(H,26,27). The molecule has 2 aliphatic rings. The van der Waals surface area contributed by atoms with Crippen molar-refractivity contribution in [3.63, 3.8) is 0 Å². The molecule has 0 aromatic carbocycles. The van der Waals surface area contributed by atoms with Crippen LogP contribution >= 0.6 is 11.6 Å². The lowest BCUT2D eigenvalue weighted by molar-refractivity contribution is -0.123. The first-order valence-corrected chi connectivity index (χ1v) is 13.3. The average Bonchev–Trinajstić information content (AvgIpc) is 2.61. The summed E-state index contributed by atoms with van der Waals surface area (Å²) in [6.07, 6.45) is 12.3. The second-order valence-corrected chi connectivity index (χ2v) is 12.3. The molecule has 2 rings (SSSR count). The maximum atomic E-state index is 12.7. The molecule has 1 amide bonds. The van der Waals surface area contributed by atoms with E-state index in [1.807, 2.05) is 6.08 Å². The molecule has 0 radical (unpaired) electrons. The van der Waals surface area contributed by atoms with Crippen LogP contribution < -0.4 is 10.0 Å².